The van der Waals surface area contributed by atoms with Crippen LogP contribution in [-0.2, 0) is 6.54 Å². The van der Waals surface area contributed by atoms with Crippen LogP contribution >= 0.6 is 0 Å². The molecular weight excluding hydrogens is 218 g/mol. The van der Waals surface area contributed by atoms with Crippen LogP contribution in [0.3, 0.4) is 0 Å². The molecule has 0 saturated heterocycles. The van der Waals surface area contributed by atoms with Crippen LogP contribution in [0.1, 0.15) is 21.0 Å². The van der Waals surface area contributed by atoms with Gasteiger partial charge >= 0.3 is 5.69 Å². The van der Waals surface area contributed by atoms with Gasteiger partial charge in [-0.25, -0.2) is 0 Å². The van der Waals surface area contributed by atoms with Crippen molar-refractivity contribution >= 4 is 17.5 Å². The fourth-order valence-corrected chi connectivity index (χ4v) is 1.54. The van der Waals surface area contributed by atoms with Gasteiger partial charge in [0.2, 0.25) is 11.4 Å². The molecule has 2 heterocycles. The number of nitro groups is 1. The fourth-order valence-electron chi connectivity index (χ4n) is 1.54. The molecule has 0 fully saturated rings. The molecule has 1 aliphatic rings. The number of nitrogens with two attached hydrogens (primary N) is 1. The van der Waals surface area contributed by atoms with Crippen molar-refractivity contribution in [2.45, 2.75) is 6.54 Å². The van der Waals surface area contributed by atoms with E-state index in [1.807, 2.05) is 0 Å². The summed E-state index contributed by atoms with van der Waals surface area (Å²) < 4.78 is 1.12. The maximum Gasteiger partial charge on any atom is 0.333 e. The van der Waals surface area contributed by atoms with Crippen LogP contribution in [0.2, 0.25) is 0 Å². The van der Waals surface area contributed by atoms with E-state index in [0.29, 0.717) is 6.54 Å². The summed E-state index contributed by atoms with van der Waals surface area (Å²) in [7, 11) is 0. The Labute approximate surface area is 88.4 Å². The summed E-state index contributed by atoms with van der Waals surface area (Å²) in [6, 6.07) is 0. The number of rotatable bonds is 2. The Morgan fingerprint density at radius 3 is 2.88 bits per heavy atom. The highest BCUT2D eigenvalue weighted by atomic mass is 16.6. The summed E-state index contributed by atoms with van der Waals surface area (Å²) >= 11 is 0. The number of amides is 2. The second kappa shape index (κ2) is 3.29. The lowest BCUT2D eigenvalue weighted by atomic mass is 10.2. The standard InChI is InChI=1S/C7H7N5O4/c8-6(13)3-4(12(15)16)5-7(14)9-1-2-11(5)10-3/h1-2H2,(H2,8,13)(H,9,14). The van der Waals surface area contributed by atoms with Crippen molar-refractivity contribution in [3.63, 3.8) is 0 Å². The maximum atomic E-state index is 11.4. The van der Waals surface area contributed by atoms with Gasteiger partial charge in [-0.2, -0.15) is 5.10 Å². The lowest BCUT2D eigenvalue weighted by Crippen LogP contribution is -2.35. The molecule has 2 rings (SSSR count). The molecule has 0 unspecified atom stereocenters. The van der Waals surface area contributed by atoms with Gasteiger partial charge in [0.15, 0.2) is 0 Å². The molecule has 0 atom stereocenters. The quantitative estimate of drug-likeness (QED) is 0.473. The third-order valence-electron chi connectivity index (χ3n) is 2.17. The van der Waals surface area contributed by atoms with Gasteiger partial charge in [0.05, 0.1) is 11.5 Å². The first-order valence-electron chi connectivity index (χ1n) is 4.35. The molecule has 0 bridgehead atoms. The Hall–Kier alpha value is -2.45. The number of nitrogens with zero attached hydrogens (tertiary/aromatic N) is 3. The van der Waals surface area contributed by atoms with Crippen molar-refractivity contribution in [2.75, 3.05) is 6.54 Å². The monoisotopic (exact) mass is 225 g/mol. The topological polar surface area (TPSA) is 133 Å². The summed E-state index contributed by atoms with van der Waals surface area (Å²) in [5.74, 6) is -1.65. The fraction of sp³-hybridized carbons (Fsp3) is 0.286. The smallest absolute Gasteiger partial charge is 0.333 e. The largest absolute Gasteiger partial charge is 0.364 e. The van der Waals surface area contributed by atoms with Crippen molar-refractivity contribution in [1.82, 2.24) is 15.1 Å². The van der Waals surface area contributed by atoms with Crippen molar-refractivity contribution < 1.29 is 14.5 Å². The zero-order valence-electron chi connectivity index (χ0n) is 7.97. The molecule has 0 radical (unpaired) electrons. The van der Waals surface area contributed by atoms with Crippen molar-refractivity contribution in [2.24, 2.45) is 5.73 Å². The first-order chi connectivity index (χ1) is 7.52. The Bertz CT molecular complexity index is 505. The van der Waals surface area contributed by atoms with Gasteiger partial charge in [-0.15, -0.1) is 0 Å². The Morgan fingerprint density at radius 2 is 2.31 bits per heavy atom. The molecule has 0 aliphatic carbocycles. The Balaban J connectivity index is 2.71. The van der Waals surface area contributed by atoms with Crippen LogP contribution in [0, 0.1) is 10.1 Å². The van der Waals surface area contributed by atoms with Gasteiger partial charge in [0.1, 0.15) is 0 Å². The van der Waals surface area contributed by atoms with E-state index in [-0.39, 0.29) is 12.2 Å². The summed E-state index contributed by atoms with van der Waals surface area (Å²) in [5, 5.41) is 16.9. The molecule has 3 N–H and O–H groups in total. The second-order valence-corrected chi connectivity index (χ2v) is 3.15. The van der Waals surface area contributed by atoms with E-state index in [1.165, 1.54) is 0 Å². The van der Waals surface area contributed by atoms with E-state index < -0.39 is 28.1 Å². The van der Waals surface area contributed by atoms with Gasteiger partial charge in [-0.05, 0) is 0 Å². The van der Waals surface area contributed by atoms with Crippen LogP contribution in [-0.4, -0.2) is 33.1 Å². The number of primary amides is 1. The van der Waals surface area contributed by atoms with Crippen LogP contribution in [0.5, 0.6) is 0 Å². The maximum absolute atomic E-state index is 11.4. The molecule has 1 aliphatic heterocycles. The predicted octanol–water partition coefficient (Wildman–Crippen LogP) is -1.37. The average molecular weight is 225 g/mol. The van der Waals surface area contributed by atoms with Gasteiger partial charge in [0.25, 0.3) is 11.8 Å². The first kappa shape index (κ1) is 10.1. The number of aromatic nitrogens is 2. The molecule has 1 aromatic rings. The molecule has 9 nitrogen and oxygen atoms in total. The van der Waals surface area contributed by atoms with Gasteiger partial charge < -0.3 is 11.1 Å². The number of nitrogens with one attached hydrogen (secondary N) is 1. The Morgan fingerprint density at radius 1 is 1.62 bits per heavy atom. The normalized spacial score (nSPS) is 14.1. The first-order valence-corrected chi connectivity index (χ1v) is 4.35. The minimum Gasteiger partial charge on any atom is -0.364 e. The number of hydrogen-bond donors (Lipinski definition) is 2. The van der Waals surface area contributed by atoms with Gasteiger partial charge in [0, 0.05) is 6.54 Å². The average Bonchev–Trinajstić information content (AvgIpc) is 2.58. The predicted molar refractivity (Wildman–Crippen MR) is 49.7 cm³/mol. The number of carbonyl (C=O) groups is 2. The van der Waals surface area contributed by atoms with Crippen LogP contribution in [0.25, 0.3) is 0 Å². The summed E-state index contributed by atoms with van der Waals surface area (Å²) in [6.45, 7) is 0.581. The summed E-state index contributed by atoms with van der Waals surface area (Å²) in [6.07, 6.45) is 0. The van der Waals surface area contributed by atoms with Gasteiger partial charge in [-0.1, -0.05) is 0 Å². The van der Waals surface area contributed by atoms with E-state index in [2.05, 4.69) is 10.4 Å². The van der Waals surface area contributed by atoms with Crippen LogP contribution in [0.15, 0.2) is 0 Å². The van der Waals surface area contributed by atoms with Crippen molar-refractivity contribution in [3.8, 4) is 0 Å². The molecule has 0 spiro atoms. The highest BCUT2D eigenvalue weighted by molar-refractivity contribution is 6.03. The van der Waals surface area contributed by atoms with E-state index in [0.717, 1.165) is 4.68 Å². The molecule has 16 heavy (non-hydrogen) atoms. The molecule has 2 amide bonds. The van der Waals surface area contributed by atoms with Crippen LogP contribution in [0.4, 0.5) is 5.69 Å². The zero-order chi connectivity index (χ0) is 11.9. The SMILES string of the molecule is NC(=O)c1nn2c(c1[N+](=O)[O-])C(=O)NCC2. The van der Waals surface area contributed by atoms with E-state index >= 15 is 0 Å². The minimum absolute atomic E-state index is 0.231. The Kier molecular flexibility index (Phi) is 2.07. The van der Waals surface area contributed by atoms with E-state index in [1.54, 1.807) is 0 Å². The lowest BCUT2D eigenvalue weighted by molar-refractivity contribution is -0.385. The van der Waals surface area contributed by atoms with Crippen molar-refractivity contribution in [1.29, 1.82) is 0 Å². The zero-order valence-corrected chi connectivity index (χ0v) is 7.97. The van der Waals surface area contributed by atoms with Gasteiger partial charge in [-0.3, -0.25) is 24.4 Å². The highest BCUT2D eigenvalue weighted by Gasteiger charge is 2.36. The van der Waals surface area contributed by atoms with Crippen LogP contribution < -0.4 is 11.1 Å². The summed E-state index contributed by atoms with van der Waals surface area (Å²) in [4.78, 5) is 32.3. The molecule has 1 aromatic heterocycles. The van der Waals surface area contributed by atoms with E-state index in [9.17, 15) is 19.7 Å². The molecule has 0 saturated carbocycles. The third kappa shape index (κ3) is 1.29. The molecule has 84 valence electrons. The number of fused-ring (bicyclic) bond motifs is 1. The minimum atomic E-state index is -1.03. The van der Waals surface area contributed by atoms with E-state index in [4.69, 9.17) is 5.73 Å². The number of carbonyl (C=O) groups excluding carboxylic acids is 2. The van der Waals surface area contributed by atoms with Crippen molar-refractivity contribution in [3.05, 3.63) is 21.5 Å². The molecule has 9 heteroatoms. The molecule has 0 aromatic carbocycles. The third-order valence-corrected chi connectivity index (χ3v) is 2.17. The highest BCUT2D eigenvalue weighted by Crippen LogP contribution is 2.24. The second-order valence-electron chi connectivity index (χ2n) is 3.15. The summed E-state index contributed by atoms with van der Waals surface area (Å²) in [5.41, 5.74) is 3.60. The molecular formula is C7H7N5O4. The lowest BCUT2D eigenvalue weighted by Gasteiger charge is -2.12. The number of hydrogen-bond acceptors (Lipinski definition) is 5.